The molecule has 2 N–H and O–H groups in total. The van der Waals surface area contributed by atoms with Crippen molar-refractivity contribution in [1.82, 2.24) is 9.97 Å². The van der Waals surface area contributed by atoms with Crippen LogP contribution >= 0.6 is 0 Å². The highest BCUT2D eigenvalue weighted by molar-refractivity contribution is 5.47. The number of aryl methyl sites for hydroxylation is 1. The van der Waals surface area contributed by atoms with Gasteiger partial charge in [0.25, 0.3) is 0 Å². The summed E-state index contributed by atoms with van der Waals surface area (Å²) in [4.78, 5) is 8.87. The predicted octanol–water partition coefficient (Wildman–Crippen LogP) is 3.99. The number of aromatic nitrogens is 2. The van der Waals surface area contributed by atoms with E-state index in [1.165, 1.54) is 38.5 Å². The number of hydrogen-bond donors (Lipinski definition) is 2. The molecule has 0 aliphatic heterocycles. The Morgan fingerprint density at radius 1 is 1.20 bits per heavy atom. The van der Waals surface area contributed by atoms with Crippen LogP contribution in [-0.4, -0.2) is 22.6 Å². The Bertz CT molecular complexity index is 411. The van der Waals surface area contributed by atoms with Crippen LogP contribution in [0.5, 0.6) is 0 Å². The third-order valence-electron chi connectivity index (χ3n) is 4.19. The van der Waals surface area contributed by atoms with Crippen LogP contribution < -0.4 is 10.6 Å². The molecule has 0 saturated heterocycles. The Morgan fingerprint density at radius 2 is 1.95 bits per heavy atom. The molecule has 1 fully saturated rings. The second kappa shape index (κ2) is 7.46. The summed E-state index contributed by atoms with van der Waals surface area (Å²) < 4.78 is 0. The Balaban J connectivity index is 1.92. The van der Waals surface area contributed by atoms with Gasteiger partial charge in [-0.05, 0) is 45.4 Å². The normalized spacial score (nSPS) is 22.6. The first kappa shape index (κ1) is 15.1. The molecular weight excluding hydrogens is 248 g/mol. The summed E-state index contributed by atoms with van der Waals surface area (Å²) in [6.45, 7) is 7.27. The van der Waals surface area contributed by atoms with Crippen LogP contribution in [0.3, 0.4) is 0 Å². The van der Waals surface area contributed by atoms with Crippen molar-refractivity contribution in [3.63, 3.8) is 0 Å². The fraction of sp³-hybridized carbons (Fsp3) is 0.750. The van der Waals surface area contributed by atoms with E-state index in [2.05, 4.69) is 41.4 Å². The molecule has 1 aliphatic rings. The van der Waals surface area contributed by atoms with Gasteiger partial charge >= 0.3 is 0 Å². The number of hydrogen-bond acceptors (Lipinski definition) is 4. The van der Waals surface area contributed by atoms with E-state index in [1.807, 2.05) is 6.20 Å². The SMILES string of the molecule is CCCC1CCC(Nc2nc(NCC)ncc2C)CC1. The molecule has 1 aromatic rings. The second-order valence-corrected chi connectivity index (χ2v) is 5.91. The third-order valence-corrected chi connectivity index (χ3v) is 4.19. The van der Waals surface area contributed by atoms with Crippen LogP contribution in [0, 0.1) is 12.8 Å². The molecule has 0 unspecified atom stereocenters. The molecule has 1 heterocycles. The molecule has 4 nitrogen and oxygen atoms in total. The first-order valence-corrected chi connectivity index (χ1v) is 8.07. The summed E-state index contributed by atoms with van der Waals surface area (Å²) in [5.74, 6) is 2.66. The van der Waals surface area contributed by atoms with E-state index in [0.717, 1.165) is 29.8 Å². The lowest BCUT2D eigenvalue weighted by Gasteiger charge is -2.29. The molecule has 0 bridgehead atoms. The molecular formula is C16H28N4. The van der Waals surface area contributed by atoms with Crippen LogP contribution in [0.4, 0.5) is 11.8 Å². The molecule has 0 spiro atoms. The van der Waals surface area contributed by atoms with Crippen molar-refractivity contribution in [2.24, 2.45) is 5.92 Å². The average molecular weight is 276 g/mol. The van der Waals surface area contributed by atoms with Gasteiger partial charge in [-0.25, -0.2) is 4.98 Å². The molecule has 1 aliphatic carbocycles. The van der Waals surface area contributed by atoms with Gasteiger partial charge in [0, 0.05) is 24.3 Å². The number of nitrogens with zero attached hydrogens (tertiary/aromatic N) is 2. The van der Waals surface area contributed by atoms with Gasteiger partial charge in [0.15, 0.2) is 0 Å². The maximum atomic E-state index is 4.58. The molecule has 0 atom stereocenters. The van der Waals surface area contributed by atoms with E-state index in [9.17, 15) is 0 Å². The van der Waals surface area contributed by atoms with Crippen LogP contribution in [0.1, 0.15) is 57.9 Å². The summed E-state index contributed by atoms with van der Waals surface area (Å²) in [5.41, 5.74) is 1.13. The van der Waals surface area contributed by atoms with Crippen molar-refractivity contribution in [1.29, 1.82) is 0 Å². The zero-order valence-corrected chi connectivity index (χ0v) is 13.1. The lowest BCUT2D eigenvalue weighted by atomic mass is 9.83. The van der Waals surface area contributed by atoms with Crippen LogP contribution in [-0.2, 0) is 0 Å². The lowest BCUT2D eigenvalue weighted by molar-refractivity contribution is 0.318. The Labute approximate surface area is 122 Å². The minimum atomic E-state index is 0.575. The van der Waals surface area contributed by atoms with Crippen molar-refractivity contribution in [2.75, 3.05) is 17.2 Å². The molecule has 1 aromatic heterocycles. The first-order valence-electron chi connectivity index (χ1n) is 8.07. The highest BCUT2D eigenvalue weighted by Crippen LogP contribution is 2.29. The van der Waals surface area contributed by atoms with Crippen LogP contribution in [0.2, 0.25) is 0 Å². The second-order valence-electron chi connectivity index (χ2n) is 5.91. The maximum Gasteiger partial charge on any atom is 0.224 e. The van der Waals surface area contributed by atoms with E-state index in [-0.39, 0.29) is 0 Å². The third kappa shape index (κ3) is 4.09. The molecule has 4 heteroatoms. The molecule has 0 amide bonds. The zero-order chi connectivity index (χ0) is 14.4. The molecule has 2 rings (SSSR count). The molecule has 0 radical (unpaired) electrons. The number of nitrogens with one attached hydrogen (secondary N) is 2. The van der Waals surface area contributed by atoms with Gasteiger partial charge in [-0.3, -0.25) is 0 Å². The van der Waals surface area contributed by atoms with Crippen LogP contribution in [0.25, 0.3) is 0 Å². The van der Waals surface area contributed by atoms with E-state index in [0.29, 0.717) is 6.04 Å². The van der Waals surface area contributed by atoms with Crippen LogP contribution in [0.15, 0.2) is 6.20 Å². The first-order chi connectivity index (χ1) is 9.72. The number of anilines is 2. The summed E-state index contributed by atoms with van der Waals surface area (Å²) in [7, 11) is 0. The van der Waals surface area contributed by atoms with Gasteiger partial charge in [-0.2, -0.15) is 4.98 Å². The summed E-state index contributed by atoms with van der Waals surface area (Å²) in [6.07, 6.45) is 9.86. The highest BCUT2D eigenvalue weighted by Gasteiger charge is 2.21. The van der Waals surface area contributed by atoms with Gasteiger partial charge < -0.3 is 10.6 Å². The fourth-order valence-electron chi connectivity index (χ4n) is 3.03. The lowest BCUT2D eigenvalue weighted by Crippen LogP contribution is -2.27. The van der Waals surface area contributed by atoms with Gasteiger partial charge in [-0.15, -0.1) is 0 Å². The smallest absolute Gasteiger partial charge is 0.224 e. The van der Waals surface area contributed by atoms with Crippen molar-refractivity contribution in [3.05, 3.63) is 11.8 Å². The summed E-state index contributed by atoms with van der Waals surface area (Å²) >= 11 is 0. The van der Waals surface area contributed by atoms with E-state index in [4.69, 9.17) is 0 Å². The van der Waals surface area contributed by atoms with Gasteiger partial charge in [-0.1, -0.05) is 19.8 Å². The summed E-state index contributed by atoms with van der Waals surface area (Å²) in [6, 6.07) is 0.575. The maximum absolute atomic E-state index is 4.58. The van der Waals surface area contributed by atoms with Crippen molar-refractivity contribution in [3.8, 4) is 0 Å². The van der Waals surface area contributed by atoms with E-state index < -0.39 is 0 Å². The largest absolute Gasteiger partial charge is 0.367 e. The van der Waals surface area contributed by atoms with E-state index in [1.54, 1.807) is 0 Å². The van der Waals surface area contributed by atoms with E-state index >= 15 is 0 Å². The van der Waals surface area contributed by atoms with Gasteiger partial charge in [0.2, 0.25) is 5.95 Å². The quantitative estimate of drug-likeness (QED) is 0.825. The van der Waals surface area contributed by atoms with Crippen molar-refractivity contribution in [2.45, 2.75) is 65.3 Å². The Hall–Kier alpha value is -1.32. The Morgan fingerprint density at radius 3 is 2.60 bits per heavy atom. The molecule has 1 saturated carbocycles. The monoisotopic (exact) mass is 276 g/mol. The average Bonchev–Trinajstić information content (AvgIpc) is 2.45. The number of rotatable bonds is 6. The molecule has 20 heavy (non-hydrogen) atoms. The minimum absolute atomic E-state index is 0.575. The molecule has 0 aromatic carbocycles. The molecule has 112 valence electrons. The standard InChI is InChI=1S/C16H28N4/c1-4-6-13-7-9-14(10-8-13)19-15-12(3)11-18-16(20-15)17-5-2/h11,13-14H,4-10H2,1-3H3,(H2,17,18,19,20). The van der Waals surface area contributed by atoms with Gasteiger partial charge in [0.1, 0.15) is 5.82 Å². The topological polar surface area (TPSA) is 49.8 Å². The summed E-state index contributed by atoms with van der Waals surface area (Å²) in [5, 5.41) is 6.79. The zero-order valence-electron chi connectivity index (χ0n) is 13.1. The predicted molar refractivity (Wildman–Crippen MR) is 85.2 cm³/mol. The van der Waals surface area contributed by atoms with Gasteiger partial charge in [0.05, 0.1) is 0 Å². The fourth-order valence-corrected chi connectivity index (χ4v) is 3.03. The minimum Gasteiger partial charge on any atom is -0.367 e. The van der Waals surface area contributed by atoms with Crippen molar-refractivity contribution < 1.29 is 0 Å². The highest BCUT2D eigenvalue weighted by atomic mass is 15.1. The van der Waals surface area contributed by atoms with Crippen molar-refractivity contribution >= 4 is 11.8 Å². The Kier molecular flexibility index (Phi) is 5.62.